The Morgan fingerprint density at radius 2 is 1.76 bits per heavy atom. The van der Waals surface area contributed by atoms with Crippen LogP contribution in [0.4, 0.5) is 0 Å². The molecule has 1 aliphatic heterocycles. The van der Waals surface area contributed by atoms with Crippen molar-refractivity contribution < 1.29 is 4.79 Å². The highest BCUT2D eigenvalue weighted by molar-refractivity contribution is 6.21. The molecule has 0 bridgehead atoms. The van der Waals surface area contributed by atoms with Crippen LogP contribution in [0.25, 0.3) is 0 Å². The molecular weight excluding hydrogens is 234 g/mol. The molecule has 0 radical (unpaired) electrons. The van der Waals surface area contributed by atoms with Crippen molar-refractivity contribution in [1.29, 1.82) is 0 Å². The Balaban J connectivity index is 2.04. The molecule has 1 saturated carbocycles. The molecule has 0 aromatic heterocycles. The van der Waals surface area contributed by atoms with Crippen molar-refractivity contribution in [1.82, 2.24) is 4.90 Å². The van der Waals surface area contributed by atoms with E-state index >= 15 is 0 Å². The average Bonchev–Trinajstić information content (AvgIpc) is 2.61. The summed E-state index contributed by atoms with van der Waals surface area (Å²) in [5.74, 6) is 1.02. The molecule has 1 aliphatic carbocycles. The monoisotopic (exact) mass is 257 g/mol. The van der Waals surface area contributed by atoms with Gasteiger partial charge in [0.15, 0.2) is 0 Å². The topological polar surface area (TPSA) is 20.3 Å². The van der Waals surface area contributed by atoms with Crippen LogP contribution in [-0.4, -0.2) is 29.3 Å². The van der Waals surface area contributed by atoms with Gasteiger partial charge in [-0.3, -0.25) is 4.79 Å². The van der Waals surface area contributed by atoms with E-state index in [1.165, 1.54) is 0 Å². The molecule has 3 heteroatoms. The summed E-state index contributed by atoms with van der Waals surface area (Å²) >= 11 is 6.28. The maximum absolute atomic E-state index is 12.5. The highest BCUT2D eigenvalue weighted by Gasteiger charge is 2.68. The second-order valence-corrected chi connectivity index (χ2v) is 7.50. The first-order valence-corrected chi connectivity index (χ1v) is 7.06. The number of likely N-dealkylation sites (tertiary alicyclic amines) is 1. The van der Waals surface area contributed by atoms with Crippen molar-refractivity contribution in [3.8, 4) is 0 Å². The lowest BCUT2D eigenvalue weighted by atomic mass is 9.97. The number of hydrogen-bond acceptors (Lipinski definition) is 1. The van der Waals surface area contributed by atoms with Gasteiger partial charge in [0.05, 0.1) is 5.38 Å². The third kappa shape index (κ3) is 1.89. The summed E-state index contributed by atoms with van der Waals surface area (Å²) in [4.78, 5) is 14.5. The largest absolute Gasteiger partial charge is 0.341 e. The standard InChI is InChI=1S/C14H24ClNO/c1-9-6-7-16(8-10(9)15)12(17)11-13(2,3)14(11,4)5/h9-11H,6-8H2,1-5H3. The summed E-state index contributed by atoms with van der Waals surface area (Å²) in [7, 11) is 0. The minimum atomic E-state index is 0.123. The Bertz CT molecular complexity index is 323. The maximum atomic E-state index is 12.5. The molecule has 0 N–H and O–H groups in total. The number of amides is 1. The predicted molar refractivity (Wildman–Crippen MR) is 71.1 cm³/mol. The number of nitrogens with zero attached hydrogens (tertiary/aromatic N) is 1. The first-order valence-electron chi connectivity index (χ1n) is 6.62. The van der Waals surface area contributed by atoms with Gasteiger partial charge in [0.2, 0.25) is 5.91 Å². The minimum Gasteiger partial charge on any atom is -0.341 e. The normalized spacial score (nSPS) is 35.8. The molecule has 2 aliphatic rings. The summed E-state index contributed by atoms with van der Waals surface area (Å²) in [6.07, 6.45) is 1.04. The molecule has 17 heavy (non-hydrogen) atoms. The highest BCUT2D eigenvalue weighted by Crippen LogP contribution is 2.68. The number of carbonyl (C=O) groups excluding carboxylic acids is 1. The van der Waals surface area contributed by atoms with Gasteiger partial charge in [-0.15, -0.1) is 11.6 Å². The fraction of sp³-hybridized carbons (Fsp3) is 0.929. The number of halogens is 1. The van der Waals surface area contributed by atoms with E-state index in [1.807, 2.05) is 4.90 Å². The van der Waals surface area contributed by atoms with Gasteiger partial charge in [0.1, 0.15) is 0 Å². The van der Waals surface area contributed by atoms with Crippen LogP contribution in [0.2, 0.25) is 0 Å². The minimum absolute atomic E-state index is 0.123. The van der Waals surface area contributed by atoms with Crippen LogP contribution >= 0.6 is 11.6 Å². The van der Waals surface area contributed by atoms with Gasteiger partial charge in [-0.25, -0.2) is 0 Å². The quantitative estimate of drug-likeness (QED) is 0.661. The number of carbonyl (C=O) groups is 1. The lowest BCUT2D eigenvalue weighted by Crippen LogP contribution is -2.45. The van der Waals surface area contributed by atoms with E-state index in [1.54, 1.807) is 0 Å². The first kappa shape index (κ1) is 13.2. The second kappa shape index (κ2) is 3.88. The van der Waals surface area contributed by atoms with Crippen LogP contribution in [0.15, 0.2) is 0 Å². The van der Waals surface area contributed by atoms with E-state index < -0.39 is 0 Å². The van der Waals surface area contributed by atoms with Crippen LogP contribution < -0.4 is 0 Å². The van der Waals surface area contributed by atoms with Crippen molar-refractivity contribution >= 4 is 17.5 Å². The third-order valence-electron chi connectivity index (χ3n) is 5.45. The molecule has 1 amide bonds. The van der Waals surface area contributed by atoms with E-state index in [0.717, 1.165) is 19.5 Å². The fourth-order valence-corrected chi connectivity index (χ4v) is 3.51. The van der Waals surface area contributed by atoms with Crippen molar-refractivity contribution in [2.24, 2.45) is 22.7 Å². The molecule has 98 valence electrons. The Morgan fingerprint density at radius 1 is 1.24 bits per heavy atom. The SMILES string of the molecule is CC1CCN(C(=O)C2C(C)(C)C2(C)C)CC1Cl. The second-order valence-electron chi connectivity index (χ2n) is 6.94. The first-order chi connectivity index (χ1) is 7.69. The van der Waals surface area contributed by atoms with Crippen LogP contribution in [0.1, 0.15) is 41.0 Å². The van der Waals surface area contributed by atoms with Crippen molar-refractivity contribution in [3.63, 3.8) is 0 Å². The smallest absolute Gasteiger partial charge is 0.226 e. The van der Waals surface area contributed by atoms with E-state index in [4.69, 9.17) is 11.6 Å². The predicted octanol–water partition coefficient (Wildman–Crippen LogP) is 3.14. The van der Waals surface area contributed by atoms with E-state index in [2.05, 4.69) is 34.6 Å². The molecule has 1 heterocycles. The third-order valence-corrected chi connectivity index (χ3v) is 6.01. The van der Waals surface area contributed by atoms with E-state index in [-0.39, 0.29) is 22.1 Å². The van der Waals surface area contributed by atoms with E-state index in [9.17, 15) is 4.79 Å². The molecular formula is C14H24ClNO. The Kier molecular flexibility index (Phi) is 3.01. The van der Waals surface area contributed by atoms with Crippen LogP contribution in [-0.2, 0) is 4.79 Å². The molecule has 2 rings (SSSR count). The zero-order valence-corrected chi connectivity index (χ0v) is 12.3. The Morgan fingerprint density at radius 3 is 2.18 bits per heavy atom. The lowest BCUT2D eigenvalue weighted by Gasteiger charge is -2.34. The lowest BCUT2D eigenvalue weighted by molar-refractivity contribution is -0.135. The zero-order chi connectivity index (χ0) is 13.0. The summed E-state index contributed by atoms with van der Waals surface area (Å²) < 4.78 is 0. The van der Waals surface area contributed by atoms with Gasteiger partial charge in [-0.05, 0) is 23.2 Å². The zero-order valence-electron chi connectivity index (χ0n) is 11.6. The Hall–Kier alpha value is -0.240. The van der Waals surface area contributed by atoms with Gasteiger partial charge >= 0.3 is 0 Å². The van der Waals surface area contributed by atoms with Gasteiger partial charge < -0.3 is 4.90 Å². The fourth-order valence-electron chi connectivity index (χ4n) is 3.22. The van der Waals surface area contributed by atoms with Gasteiger partial charge in [0, 0.05) is 19.0 Å². The van der Waals surface area contributed by atoms with Gasteiger partial charge in [-0.2, -0.15) is 0 Å². The molecule has 2 nitrogen and oxygen atoms in total. The molecule has 1 saturated heterocycles. The van der Waals surface area contributed by atoms with Crippen molar-refractivity contribution in [3.05, 3.63) is 0 Å². The number of piperidine rings is 1. The highest BCUT2D eigenvalue weighted by atomic mass is 35.5. The van der Waals surface area contributed by atoms with Gasteiger partial charge in [-0.1, -0.05) is 34.6 Å². The van der Waals surface area contributed by atoms with Crippen LogP contribution in [0, 0.1) is 22.7 Å². The average molecular weight is 258 g/mol. The summed E-state index contributed by atoms with van der Waals surface area (Å²) in [6.45, 7) is 12.6. The molecule has 0 spiro atoms. The summed E-state index contributed by atoms with van der Waals surface area (Å²) in [6, 6.07) is 0. The number of hydrogen-bond donors (Lipinski definition) is 0. The van der Waals surface area contributed by atoms with Gasteiger partial charge in [0.25, 0.3) is 0 Å². The summed E-state index contributed by atoms with van der Waals surface area (Å²) in [5.41, 5.74) is 0.268. The van der Waals surface area contributed by atoms with Crippen LogP contribution in [0.5, 0.6) is 0 Å². The number of alkyl halides is 1. The maximum Gasteiger partial charge on any atom is 0.226 e. The van der Waals surface area contributed by atoms with E-state index in [0.29, 0.717) is 11.8 Å². The molecule has 2 fully saturated rings. The molecule has 2 unspecified atom stereocenters. The Labute approximate surface area is 110 Å². The molecule has 2 atom stereocenters. The van der Waals surface area contributed by atoms with Crippen molar-refractivity contribution in [2.75, 3.05) is 13.1 Å². The number of rotatable bonds is 1. The van der Waals surface area contributed by atoms with Crippen LogP contribution in [0.3, 0.4) is 0 Å². The molecule has 0 aromatic carbocycles. The summed E-state index contributed by atoms with van der Waals surface area (Å²) in [5, 5.41) is 0.123. The molecule has 0 aromatic rings. The van der Waals surface area contributed by atoms with Crippen molar-refractivity contribution in [2.45, 2.75) is 46.4 Å².